The molecular weight excluding hydrogens is 1470 g/mol. The number of fused-ring (bicyclic) bond motifs is 3. The molecule has 3 heterocycles. The first-order chi connectivity index (χ1) is 34.2. The van der Waals surface area contributed by atoms with E-state index >= 15 is 0 Å². The van der Waals surface area contributed by atoms with Crippen LogP contribution in [0.2, 0.25) is 0 Å². The molecule has 0 aliphatic heterocycles. The fraction of sp³-hybridized carbons (Fsp3) is 0.0656. The summed E-state index contributed by atoms with van der Waals surface area (Å²) in [5.74, 6) is -1.72. The Morgan fingerprint density at radius 3 is 1.51 bits per heavy atom. The summed E-state index contributed by atoms with van der Waals surface area (Å²) in [5.41, 5.74) is 9.13. The van der Waals surface area contributed by atoms with Crippen LogP contribution in [0, 0.1) is 35.7 Å². The topological polar surface area (TPSA) is 113 Å². The first-order valence-electron chi connectivity index (χ1n) is 22.2. The van der Waals surface area contributed by atoms with Gasteiger partial charge < -0.3 is 10.2 Å². The molecule has 0 bridgehead atoms. The molecule has 0 spiro atoms. The number of aliphatic hydroxyl groups is 2. The summed E-state index contributed by atoms with van der Waals surface area (Å²) in [5, 5.41) is 19.4. The van der Waals surface area contributed by atoms with Crippen LogP contribution in [-0.2, 0) is 69.9 Å². The summed E-state index contributed by atoms with van der Waals surface area (Å²) in [6, 6.07) is 66.9. The smallest absolute Gasteiger partial charge is 0.155 e. The number of allylic oxidation sites excluding steroid dienone is 4. The largest absolute Gasteiger partial charge is 0.512 e. The zero-order chi connectivity index (χ0) is 50.7. The zero-order valence-electron chi connectivity index (χ0n) is 40.2. The molecule has 0 atom stereocenters. The van der Waals surface area contributed by atoms with Crippen LogP contribution in [0.5, 0.6) is 0 Å². The number of aromatic nitrogens is 3. The molecule has 0 fully saturated rings. The molecule has 13 heteroatoms. The van der Waals surface area contributed by atoms with E-state index in [0.29, 0.717) is 27.9 Å². The molecule has 7 aromatic carbocycles. The number of benzene rings is 7. The number of pyridine rings is 3. The predicted molar refractivity (Wildman–Crippen MR) is 277 cm³/mol. The van der Waals surface area contributed by atoms with E-state index in [1.807, 2.05) is 91.0 Å². The molecule has 3 radical (unpaired) electrons. The maximum atomic E-state index is 13.9. The molecule has 74 heavy (non-hydrogen) atoms. The minimum Gasteiger partial charge on any atom is -0.512 e. The molecular formula is C61H47F3Ir3N3O4-3. The Morgan fingerprint density at radius 1 is 0.459 bits per heavy atom. The van der Waals surface area contributed by atoms with Crippen LogP contribution in [0.15, 0.2) is 212 Å². The van der Waals surface area contributed by atoms with E-state index in [2.05, 4.69) is 82.8 Å². The van der Waals surface area contributed by atoms with Crippen LogP contribution in [0.1, 0.15) is 27.7 Å². The molecule has 2 N–H and O–H groups in total. The average Bonchev–Trinajstić information content (AvgIpc) is 3.36. The Balaban J connectivity index is 0.000000257. The van der Waals surface area contributed by atoms with Gasteiger partial charge in [-0.1, -0.05) is 97.1 Å². The van der Waals surface area contributed by atoms with Crippen molar-refractivity contribution in [2.24, 2.45) is 0 Å². The molecule has 7 nitrogen and oxygen atoms in total. The monoisotopic (exact) mass is 1520 g/mol. The third-order valence-corrected chi connectivity index (χ3v) is 9.93. The summed E-state index contributed by atoms with van der Waals surface area (Å²) in [7, 11) is 0. The van der Waals surface area contributed by atoms with Crippen molar-refractivity contribution in [2.75, 3.05) is 0 Å². The number of ketones is 2. The molecule has 3 aromatic heterocycles. The van der Waals surface area contributed by atoms with Gasteiger partial charge in [-0.15, -0.1) is 89.5 Å². The van der Waals surface area contributed by atoms with E-state index in [9.17, 15) is 22.8 Å². The van der Waals surface area contributed by atoms with Crippen LogP contribution in [0.3, 0.4) is 0 Å². The van der Waals surface area contributed by atoms with Gasteiger partial charge in [0.25, 0.3) is 0 Å². The molecule has 0 aliphatic rings. The fourth-order valence-corrected chi connectivity index (χ4v) is 6.91. The third kappa shape index (κ3) is 19.1. The number of hydrogen-bond donors (Lipinski definition) is 2. The van der Waals surface area contributed by atoms with Crippen molar-refractivity contribution in [2.45, 2.75) is 27.7 Å². The minimum atomic E-state index is -0.722. The van der Waals surface area contributed by atoms with Crippen LogP contribution in [0.4, 0.5) is 13.2 Å². The summed E-state index contributed by atoms with van der Waals surface area (Å²) in [6.07, 6.45) is 2.33. The number of carbonyl (C=O) groups excluding carboxylic acids is 2. The second-order valence-corrected chi connectivity index (χ2v) is 15.8. The van der Waals surface area contributed by atoms with E-state index in [4.69, 9.17) is 15.2 Å². The summed E-state index contributed by atoms with van der Waals surface area (Å²) in [4.78, 5) is 33.6. The Morgan fingerprint density at radius 2 is 0.959 bits per heavy atom. The quantitative estimate of drug-likeness (QED) is 0.0968. The maximum Gasteiger partial charge on any atom is 0.155 e. The van der Waals surface area contributed by atoms with Crippen molar-refractivity contribution < 1.29 is 93.3 Å². The van der Waals surface area contributed by atoms with E-state index < -0.39 is 11.6 Å². The van der Waals surface area contributed by atoms with Gasteiger partial charge >= 0.3 is 0 Å². The number of aliphatic hydroxyl groups excluding tert-OH is 2. The van der Waals surface area contributed by atoms with Crippen LogP contribution in [-0.4, -0.2) is 36.7 Å². The molecule has 381 valence electrons. The second kappa shape index (κ2) is 30.8. The van der Waals surface area contributed by atoms with Gasteiger partial charge in [-0.3, -0.25) is 24.5 Å². The normalized spacial score (nSPS) is 10.4. The van der Waals surface area contributed by atoms with Crippen LogP contribution < -0.4 is 0 Å². The number of nitrogens with zero attached hydrogens (tertiary/aromatic N) is 3. The van der Waals surface area contributed by atoms with Crippen molar-refractivity contribution >= 4 is 44.3 Å². The van der Waals surface area contributed by atoms with E-state index in [1.54, 1.807) is 24.3 Å². The van der Waals surface area contributed by atoms with Crippen molar-refractivity contribution in [3.63, 3.8) is 0 Å². The predicted octanol–water partition coefficient (Wildman–Crippen LogP) is 15.3. The maximum absolute atomic E-state index is 13.9. The Hall–Kier alpha value is -7.07. The first-order valence-corrected chi connectivity index (χ1v) is 22.2. The Bertz CT molecular complexity index is 3340. The fourth-order valence-electron chi connectivity index (χ4n) is 6.91. The summed E-state index contributed by atoms with van der Waals surface area (Å²) < 4.78 is 40.1. The van der Waals surface area contributed by atoms with Gasteiger partial charge in [-0.2, -0.15) is 0 Å². The second-order valence-electron chi connectivity index (χ2n) is 15.8. The molecule has 0 saturated heterocycles. The average molecular weight is 1520 g/mol. The van der Waals surface area contributed by atoms with Gasteiger partial charge in [0.2, 0.25) is 0 Å². The third-order valence-electron chi connectivity index (χ3n) is 9.93. The summed E-state index contributed by atoms with van der Waals surface area (Å²) in [6.45, 7) is 5.70. The van der Waals surface area contributed by atoms with Gasteiger partial charge in [-0.25, -0.2) is 13.2 Å². The van der Waals surface area contributed by atoms with Crippen LogP contribution >= 0.6 is 0 Å². The number of hydrogen-bond acceptors (Lipinski definition) is 7. The molecule has 0 saturated carbocycles. The Labute approximate surface area is 469 Å². The van der Waals surface area contributed by atoms with E-state index in [0.717, 1.165) is 44.7 Å². The molecule has 0 unspecified atom stereocenters. The molecule has 10 rings (SSSR count). The Kier molecular flexibility index (Phi) is 25.5. The number of rotatable bonds is 6. The van der Waals surface area contributed by atoms with Gasteiger partial charge in [0.1, 0.15) is 5.82 Å². The number of halogens is 3. The van der Waals surface area contributed by atoms with Gasteiger partial charge in [0.05, 0.1) is 28.1 Å². The van der Waals surface area contributed by atoms with Crippen molar-refractivity contribution in [3.8, 4) is 44.9 Å². The van der Waals surface area contributed by atoms with Crippen molar-refractivity contribution in [3.05, 3.63) is 247 Å². The molecule has 10 aromatic rings. The van der Waals surface area contributed by atoms with Crippen molar-refractivity contribution in [1.29, 1.82) is 0 Å². The number of carbonyl (C=O) groups is 2. The standard InChI is InChI=1S/C21H14N.C15H8F2N.C15H9FN.2C5H8O2.3Ir/c1-3-7-16(8-4-1)18-11-13-21-19(15-18)12-14-20(22-21)17-9-5-2-6-10-17;16-12-7-11(8-13(17)9-12)15-6-5-10-3-1-2-4-14(10)18-15;16-13-10-15(11-6-2-1-3-7-11)17-14-9-5-4-8-12(13)14;2*1-4(6)3-5(2)7;;;/h1-9,11-15H;1-7,9H;1-6,8-10H;2*3,6H,1-2H3;;;/q3*-1;;;;;. The van der Waals surface area contributed by atoms with Crippen LogP contribution in [0.25, 0.3) is 77.6 Å². The molecule has 0 amide bonds. The van der Waals surface area contributed by atoms with Gasteiger partial charge in [0.15, 0.2) is 11.6 Å². The SMILES string of the molecule is CC(=O)C=C(C)O.CC(=O)C=C(C)O.Fc1[c-]c(-c2ccc3ccccc3n2)cc(F)c1.Fc1cc(-c2[c-]cccc2)nc2ccccc12.[Ir].[Ir].[Ir].[c-]1ccccc1-c1ccc2cc(-c3ccccc3)ccc2n1. The van der Waals surface area contributed by atoms with Crippen molar-refractivity contribution in [1.82, 2.24) is 15.0 Å². The van der Waals surface area contributed by atoms with E-state index in [1.165, 1.54) is 63.1 Å². The van der Waals surface area contributed by atoms with E-state index in [-0.39, 0.29) is 89.2 Å². The summed E-state index contributed by atoms with van der Waals surface area (Å²) >= 11 is 0. The van der Waals surface area contributed by atoms with Gasteiger partial charge in [-0.05, 0) is 103 Å². The van der Waals surface area contributed by atoms with Gasteiger partial charge in [0, 0.05) is 89.5 Å². The first kappa shape index (κ1) is 61.2. The number of para-hydroxylation sites is 2. The molecule has 0 aliphatic carbocycles. The zero-order valence-corrected chi connectivity index (χ0v) is 47.4. The minimum absolute atomic E-state index is 0.